The summed E-state index contributed by atoms with van der Waals surface area (Å²) in [6.07, 6.45) is 5.69. The number of anilines is 2. The van der Waals surface area contributed by atoms with E-state index in [1.54, 1.807) is 24.8 Å². The molecule has 4 heterocycles. The number of amides is 1. The first-order valence-corrected chi connectivity index (χ1v) is 11.3. The van der Waals surface area contributed by atoms with Crippen molar-refractivity contribution in [2.24, 2.45) is 5.92 Å². The molecule has 0 bridgehead atoms. The second kappa shape index (κ2) is 6.84. The number of ether oxygens (including phenoxy) is 1. The van der Waals surface area contributed by atoms with Gasteiger partial charge < -0.3 is 14.5 Å². The molecule has 30 heavy (non-hydrogen) atoms. The molecule has 6 rings (SSSR count). The van der Waals surface area contributed by atoms with Crippen LogP contribution < -0.4 is 14.5 Å². The second-order valence-corrected chi connectivity index (χ2v) is 9.18. The van der Waals surface area contributed by atoms with Crippen LogP contribution in [-0.2, 0) is 24.4 Å². The monoisotopic (exact) mass is 421 g/mol. The molecule has 7 nitrogen and oxygen atoms in total. The second-order valence-electron chi connectivity index (χ2n) is 8.20. The number of hydrogen-bond donors (Lipinski definition) is 0. The van der Waals surface area contributed by atoms with Crippen molar-refractivity contribution < 1.29 is 9.53 Å². The van der Waals surface area contributed by atoms with E-state index in [4.69, 9.17) is 4.74 Å². The maximum absolute atomic E-state index is 12.9. The Morgan fingerprint density at radius 1 is 1.23 bits per heavy atom. The Balaban J connectivity index is 1.41. The first-order chi connectivity index (χ1) is 14.7. The van der Waals surface area contributed by atoms with Crippen molar-refractivity contribution in [1.82, 2.24) is 14.8 Å². The van der Waals surface area contributed by atoms with Gasteiger partial charge in [0.25, 0.3) is 0 Å². The fourth-order valence-electron chi connectivity index (χ4n) is 4.48. The van der Waals surface area contributed by atoms with Gasteiger partial charge in [0.1, 0.15) is 28.7 Å². The lowest BCUT2D eigenvalue weighted by atomic mass is 10.0. The van der Waals surface area contributed by atoms with Gasteiger partial charge in [-0.2, -0.15) is 5.10 Å². The van der Waals surface area contributed by atoms with Crippen LogP contribution in [0.25, 0.3) is 11.4 Å². The Labute approximate surface area is 178 Å². The standard InChI is InChI=1S/C22H23N5O2S/c1-29-16-8-4-14(5-9-16)11-25-13-27-19(23-12-24-27)18-17-3-2-10-26(20(28)15-6-7-15)21(17)30-22(18)25/h4-5,8-9,12,15H,2-3,6-7,10-11,13H2,1H3. The van der Waals surface area contributed by atoms with E-state index in [0.29, 0.717) is 12.6 Å². The fraction of sp³-hybridized carbons (Fsp3) is 0.409. The number of benzene rings is 1. The van der Waals surface area contributed by atoms with Gasteiger partial charge in [0.05, 0.1) is 12.7 Å². The van der Waals surface area contributed by atoms with Crippen LogP contribution in [0, 0.1) is 5.92 Å². The Morgan fingerprint density at radius 3 is 2.83 bits per heavy atom. The molecule has 8 heteroatoms. The molecule has 154 valence electrons. The number of fused-ring (bicyclic) bond motifs is 5. The van der Waals surface area contributed by atoms with E-state index in [-0.39, 0.29) is 5.92 Å². The summed E-state index contributed by atoms with van der Waals surface area (Å²) in [5.41, 5.74) is 3.65. The van der Waals surface area contributed by atoms with Gasteiger partial charge in [-0.15, -0.1) is 0 Å². The lowest BCUT2D eigenvalue weighted by Crippen LogP contribution is -2.35. The van der Waals surface area contributed by atoms with Crippen molar-refractivity contribution in [3.63, 3.8) is 0 Å². The normalized spacial score (nSPS) is 17.4. The SMILES string of the molecule is COc1ccc(CN2Cn3ncnc3-c3c2sc2c3CCCN2C(=O)C2CC2)cc1. The van der Waals surface area contributed by atoms with Crippen LogP contribution in [0.4, 0.5) is 10.0 Å². The lowest BCUT2D eigenvalue weighted by Gasteiger charge is -2.29. The van der Waals surface area contributed by atoms with Crippen LogP contribution in [0.2, 0.25) is 0 Å². The quantitative estimate of drug-likeness (QED) is 0.643. The summed E-state index contributed by atoms with van der Waals surface area (Å²) in [6.45, 7) is 2.25. The molecule has 0 spiro atoms. The van der Waals surface area contributed by atoms with Crippen LogP contribution in [0.15, 0.2) is 30.6 Å². The zero-order valence-electron chi connectivity index (χ0n) is 16.9. The zero-order chi connectivity index (χ0) is 20.2. The summed E-state index contributed by atoms with van der Waals surface area (Å²) in [6, 6.07) is 8.20. The molecule has 0 radical (unpaired) electrons. The molecule has 2 aliphatic heterocycles. The number of rotatable bonds is 4. The van der Waals surface area contributed by atoms with Gasteiger partial charge in [-0.25, -0.2) is 9.67 Å². The van der Waals surface area contributed by atoms with Crippen LogP contribution in [0.5, 0.6) is 5.75 Å². The number of aromatic nitrogens is 3. The number of hydrogen-bond acceptors (Lipinski definition) is 6. The molecule has 0 unspecified atom stereocenters. The fourth-order valence-corrected chi connectivity index (χ4v) is 5.85. The molecule has 1 aliphatic carbocycles. The molecule has 0 saturated heterocycles. The topological polar surface area (TPSA) is 63.5 Å². The molecule has 1 saturated carbocycles. The van der Waals surface area contributed by atoms with Crippen molar-refractivity contribution in [2.45, 2.75) is 38.9 Å². The van der Waals surface area contributed by atoms with Crippen molar-refractivity contribution in [1.29, 1.82) is 0 Å². The third kappa shape index (κ3) is 2.81. The maximum atomic E-state index is 12.9. The maximum Gasteiger partial charge on any atom is 0.230 e. The summed E-state index contributed by atoms with van der Waals surface area (Å²) in [4.78, 5) is 21.9. The minimum absolute atomic E-state index is 0.231. The average molecular weight is 422 g/mol. The van der Waals surface area contributed by atoms with Gasteiger partial charge >= 0.3 is 0 Å². The third-order valence-corrected chi connectivity index (χ3v) is 7.49. The van der Waals surface area contributed by atoms with E-state index >= 15 is 0 Å². The molecule has 1 amide bonds. The van der Waals surface area contributed by atoms with Gasteiger partial charge in [-0.3, -0.25) is 4.79 Å². The highest BCUT2D eigenvalue weighted by Gasteiger charge is 2.39. The molecule has 3 aliphatic rings. The number of methoxy groups -OCH3 is 1. The highest BCUT2D eigenvalue weighted by Crippen LogP contribution is 2.52. The van der Waals surface area contributed by atoms with Gasteiger partial charge in [0.2, 0.25) is 5.91 Å². The molecular formula is C22H23N5O2S. The molecule has 2 aromatic heterocycles. The van der Waals surface area contributed by atoms with E-state index in [9.17, 15) is 4.79 Å². The van der Waals surface area contributed by atoms with Crippen molar-refractivity contribution in [2.75, 3.05) is 23.5 Å². The van der Waals surface area contributed by atoms with Crippen LogP contribution in [-0.4, -0.2) is 34.3 Å². The first kappa shape index (κ1) is 17.9. The van der Waals surface area contributed by atoms with Gasteiger partial charge in [-0.1, -0.05) is 23.5 Å². The average Bonchev–Trinajstić information content (AvgIpc) is 3.39. The lowest BCUT2D eigenvalue weighted by molar-refractivity contribution is -0.119. The molecule has 1 aromatic carbocycles. The van der Waals surface area contributed by atoms with E-state index in [1.165, 1.54) is 21.7 Å². The molecule has 3 aromatic rings. The van der Waals surface area contributed by atoms with E-state index < -0.39 is 0 Å². The summed E-state index contributed by atoms with van der Waals surface area (Å²) < 4.78 is 7.27. The van der Waals surface area contributed by atoms with E-state index in [2.05, 4.69) is 27.1 Å². The Kier molecular flexibility index (Phi) is 4.09. The predicted octanol–water partition coefficient (Wildman–Crippen LogP) is 3.68. The number of carbonyl (C=O) groups is 1. The molecule has 0 N–H and O–H groups in total. The van der Waals surface area contributed by atoms with Crippen molar-refractivity contribution >= 4 is 27.2 Å². The number of nitrogens with zero attached hydrogens (tertiary/aromatic N) is 5. The van der Waals surface area contributed by atoms with Gasteiger partial charge in [0, 0.05) is 24.6 Å². The smallest absolute Gasteiger partial charge is 0.230 e. The summed E-state index contributed by atoms with van der Waals surface area (Å²) in [5, 5.41) is 6.79. The highest BCUT2D eigenvalue weighted by molar-refractivity contribution is 7.21. The van der Waals surface area contributed by atoms with E-state index in [1.807, 2.05) is 21.7 Å². The summed E-state index contributed by atoms with van der Waals surface area (Å²) in [5.74, 6) is 2.32. The Hall–Kier alpha value is -2.87. The number of carbonyl (C=O) groups excluding carboxylic acids is 1. The summed E-state index contributed by atoms with van der Waals surface area (Å²) in [7, 11) is 1.68. The zero-order valence-corrected chi connectivity index (χ0v) is 17.7. The van der Waals surface area contributed by atoms with Crippen LogP contribution >= 0.6 is 11.3 Å². The minimum Gasteiger partial charge on any atom is -0.497 e. The molecular weight excluding hydrogens is 398 g/mol. The molecule has 1 fully saturated rings. The third-order valence-electron chi connectivity index (χ3n) is 6.18. The Bertz CT molecular complexity index is 1120. The van der Waals surface area contributed by atoms with Crippen LogP contribution in [0.1, 0.15) is 30.4 Å². The summed E-state index contributed by atoms with van der Waals surface area (Å²) >= 11 is 1.75. The van der Waals surface area contributed by atoms with Crippen LogP contribution in [0.3, 0.4) is 0 Å². The number of thiophene rings is 1. The van der Waals surface area contributed by atoms with Crippen molar-refractivity contribution in [3.8, 4) is 17.1 Å². The van der Waals surface area contributed by atoms with Gasteiger partial charge in [-0.05, 0) is 43.4 Å². The largest absolute Gasteiger partial charge is 0.497 e. The predicted molar refractivity (Wildman–Crippen MR) is 116 cm³/mol. The van der Waals surface area contributed by atoms with Gasteiger partial charge in [0.15, 0.2) is 5.82 Å². The molecule has 0 atom stereocenters. The highest BCUT2D eigenvalue weighted by atomic mass is 32.1. The minimum atomic E-state index is 0.231. The van der Waals surface area contributed by atoms with E-state index in [0.717, 1.165) is 55.3 Å². The Morgan fingerprint density at radius 2 is 2.07 bits per heavy atom. The van der Waals surface area contributed by atoms with Crippen molar-refractivity contribution in [3.05, 3.63) is 41.7 Å². The first-order valence-electron chi connectivity index (χ1n) is 10.5.